The smallest absolute Gasteiger partial charge is 0.322 e. The number of benzene rings is 2. The fraction of sp³-hybridized carbons (Fsp3) is 0.316. The summed E-state index contributed by atoms with van der Waals surface area (Å²) in [5, 5.41) is 12.7. The zero-order valence-corrected chi connectivity index (χ0v) is 14.0. The Hall–Kier alpha value is -2.53. The van der Waals surface area contributed by atoms with Crippen LogP contribution in [0.2, 0.25) is 0 Å². The van der Waals surface area contributed by atoms with Gasteiger partial charge in [0.2, 0.25) is 0 Å². The number of urea groups is 1. The van der Waals surface area contributed by atoms with Crippen molar-refractivity contribution < 1.29 is 14.6 Å². The number of amides is 2. The molecule has 1 aliphatic rings. The summed E-state index contributed by atoms with van der Waals surface area (Å²) in [4.78, 5) is 14.4. The number of carbonyl (C=O) groups is 1. The van der Waals surface area contributed by atoms with Crippen LogP contribution in [0.1, 0.15) is 22.7 Å². The summed E-state index contributed by atoms with van der Waals surface area (Å²) in [5.74, 6) is 0.785. The first-order valence-electron chi connectivity index (χ1n) is 8.05. The first kappa shape index (κ1) is 16.3. The van der Waals surface area contributed by atoms with E-state index in [-0.39, 0.29) is 18.7 Å². The van der Waals surface area contributed by atoms with E-state index >= 15 is 0 Å². The van der Waals surface area contributed by atoms with Crippen molar-refractivity contribution >= 4 is 11.7 Å². The molecule has 0 bridgehead atoms. The van der Waals surface area contributed by atoms with Crippen LogP contribution in [0.25, 0.3) is 0 Å². The third-order valence-electron chi connectivity index (χ3n) is 4.49. The summed E-state index contributed by atoms with van der Waals surface area (Å²) in [6, 6.07) is 13.0. The molecule has 0 saturated heterocycles. The highest BCUT2D eigenvalue weighted by atomic mass is 16.5. The third kappa shape index (κ3) is 3.08. The minimum Gasteiger partial charge on any atom is -0.496 e. The molecule has 24 heavy (non-hydrogen) atoms. The minimum atomic E-state index is -0.311. The lowest BCUT2D eigenvalue weighted by Crippen LogP contribution is -2.43. The van der Waals surface area contributed by atoms with Crippen LogP contribution < -0.4 is 10.1 Å². The van der Waals surface area contributed by atoms with Gasteiger partial charge in [-0.2, -0.15) is 0 Å². The second kappa shape index (κ2) is 6.93. The SMILES string of the molecule is COc1ccc(NC(=O)N2CCc3ccccc3C2CO)cc1C. The van der Waals surface area contributed by atoms with Crippen LogP contribution in [0.3, 0.4) is 0 Å². The van der Waals surface area contributed by atoms with Crippen LogP contribution in [0, 0.1) is 6.92 Å². The summed E-state index contributed by atoms with van der Waals surface area (Å²) in [6.45, 7) is 2.43. The number of aryl methyl sites for hydroxylation is 1. The molecular formula is C19H22N2O3. The molecule has 1 aliphatic heterocycles. The lowest BCUT2D eigenvalue weighted by Gasteiger charge is -2.36. The van der Waals surface area contributed by atoms with E-state index in [0.29, 0.717) is 12.2 Å². The molecule has 1 unspecified atom stereocenters. The number of carbonyl (C=O) groups excluding carboxylic acids is 1. The van der Waals surface area contributed by atoms with Gasteiger partial charge in [-0.3, -0.25) is 0 Å². The molecule has 2 aromatic carbocycles. The second-order valence-electron chi connectivity index (χ2n) is 5.96. The third-order valence-corrected chi connectivity index (χ3v) is 4.49. The number of nitrogens with zero attached hydrogens (tertiary/aromatic N) is 1. The first-order chi connectivity index (χ1) is 11.6. The molecule has 0 aliphatic carbocycles. The van der Waals surface area contributed by atoms with E-state index in [0.717, 1.165) is 23.3 Å². The van der Waals surface area contributed by atoms with Gasteiger partial charge in [-0.05, 0) is 48.2 Å². The van der Waals surface area contributed by atoms with Gasteiger partial charge < -0.3 is 20.1 Å². The fourth-order valence-electron chi connectivity index (χ4n) is 3.24. The Balaban J connectivity index is 1.79. The highest BCUT2D eigenvalue weighted by Gasteiger charge is 2.30. The lowest BCUT2D eigenvalue weighted by atomic mass is 9.93. The van der Waals surface area contributed by atoms with Gasteiger partial charge in [0.15, 0.2) is 0 Å². The molecule has 2 aromatic rings. The number of anilines is 1. The number of fused-ring (bicyclic) bond motifs is 1. The van der Waals surface area contributed by atoms with Gasteiger partial charge >= 0.3 is 6.03 Å². The quantitative estimate of drug-likeness (QED) is 0.911. The van der Waals surface area contributed by atoms with E-state index < -0.39 is 0 Å². The van der Waals surface area contributed by atoms with Crippen LogP contribution in [-0.2, 0) is 6.42 Å². The Morgan fingerprint density at radius 1 is 1.33 bits per heavy atom. The monoisotopic (exact) mass is 326 g/mol. The van der Waals surface area contributed by atoms with Gasteiger partial charge in [-0.1, -0.05) is 24.3 Å². The van der Waals surface area contributed by atoms with Crippen molar-refractivity contribution in [1.29, 1.82) is 0 Å². The maximum Gasteiger partial charge on any atom is 0.322 e. The highest BCUT2D eigenvalue weighted by Crippen LogP contribution is 2.30. The molecule has 0 aromatic heterocycles. The van der Waals surface area contributed by atoms with E-state index in [1.807, 2.05) is 43.3 Å². The number of hydrogen-bond donors (Lipinski definition) is 2. The molecule has 0 spiro atoms. The number of methoxy groups -OCH3 is 1. The van der Waals surface area contributed by atoms with Crippen LogP contribution in [0.4, 0.5) is 10.5 Å². The number of hydrogen-bond acceptors (Lipinski definition) is 3. The zero-order valence-electron chi connectivity index (χ0n) is 14.0. The second-order valence-corrected chi connectivity index (χ2v) is 5.96. The molecule has 2 N–H and O–H groups in total. The summed E-state index contributed by atoms with van der Waals surface area (Å²) in [7, 11) is 1.62. The molecule has 5 nitrogen and oxygen atoms in total. The molecule has 2 amide bonds. The van der Waals surface area contributed by atoms with Crippen molar-refractivity contribution in [1.82, 2.24) is 4.90 Å². The molecule has 126 valence electrons. The fourth-order valence-corrected chi connectivity index (χ4v) is 3.24. The normalized spacial score (nSPS) is 16.5. The van der Waals surface area contributed by atoms with Crippen molar-refractivity contribution in [3.05, 3.63) is 59.2 Å². The Morgan fingerprint density at radius 2 is 2.12 bits per heavy atom. The Bertz CT molecular complexity index is 745. The molecular weight excluding hydrogens is 304 g/mol. The Labute approximate surface area is 141 Å². The average molecular weight is 326 g/mol. The predicted octanol–water partition coefficient (Wildman–Crippen LogP) is 3.13. The van der Waals surface area contributed by atoms with Crippen molar-refractivity contribution in [2.75, 3.05) is 25.6 Å². The van der Waals surface area contributed by atoms with Crippen molar-refractivity contribution in [2.45, 2.75) is 19.4 Å². The first-order valence-corrected chi connectivity index (χ1v) is 8.05. The summed E-state index contributed by atoms with van der Waals surface area (Å²) in [6.07, 6.45) is 0.793. The maximum absolute atomic E-state index is 12.7. The molecule has 0 fully saturated rings. The predicted molar refractivity (Wildman–Crippen MR) is 93.4 cm³/mol. The maximum atomic E-state index is 12.7. The molecule has 3 rings (SSSR count). The van der Waals surface area contributed by atoms with Crippen molar-refractivity contribution in [3.8, 4) is 5.75 Å². The Kier molecular flexibility index (Phi) is 4.71. The van der Waals surface area contributed by atoms with Crippen molar-refractivity contribution in [3.63, 3.8) is 0 Å². The molecule has 0 saturated carbocycles. The van der Waals surface area contributed by atoms with E-state index in [1.165, 1.54) is 5.56 Å². The van der Waals surface area contributed by atoms with Crippen molar-refractivity contribution in [2.24, 2.45) is 0 Å². The number of ether oxygens (including phenoxy) is 1. The van der Waals surface area contributed by atoms with E-state index in [2.05, 4.69) is 11.4 Å². The molecule has 1 atom stereocenters. The van der Waals surface area contributed by atoms with Gasteiger partial charge in [-0.25, -0.2) is 4.79 Å². The number of aliphatic hydroxyl groups excluding tert-OH is 1. The van der Waals surface area contributed by atoms with Crippen LogP contribution in [0.5, 0.6) is 5.75 Å². The summed E-state index contributed by atoms with van der Waals surface area (Å²) < 4.78 is 5.24. The summed E-state index contributed by atoms with van der Waals surface area (Å²) in [5.41, 5.74) is 3.89. The minimum absolute atomic E-state index is 0.0912. The molecule has 5 heteroatoms. The standard InChI is InChI=1S/C19H22N2O3/c1-13-11-15(7-8-18(13)24-2)20-19(23)21-10-9-14-5-3-4-6-16(14)17(21)12-22/h3-8,11,17,22H,9-10,12H2,1-2H3,(H,20,23). The topological polar surface area (TPSA) is 61.8 Å². The van der Waals surface area contributed by atoms with E-state index in [4.69, 9.17) is 4.74 Å². The highest BCUT2D eigenvalue weighted by molar-refractivity contribution is 5.90. The van der Waals surface area contributed by atoms with Crippen LogP contribution in [-0.4, -0.2) is 36.3 Å². The number of aliphatic hydroxyl groups is 1. The largest absolute Gasteiger partial charge is 0.496 e. The number of rotatable bonds is 3. The van der Waals surface area contributed by atoms with Gasteiger partial charge in [-0.15, -0.1) is 0 Å². The zero-order chi connectivity index (χ0) is 17.1. The van der Waals surface area contributed by atoms with Gasteiger partial charge in [0.1, 0.15) is 5.75 Å². The van der Waals surface area contributed by atoms with Crippen LogP contribution in [0.15, 0.2) is 42.5 Å². The van der Waals surface area contributed by atoms with Crippen LogP contribution >= 0.6 is 0 Å². The summed E-state index contributed by atoms with van der Waals surface area (Å²) >= 11 is 0. The Morgan fingerprint density at radius 3 is 2.83 bits per heavy atom. The van der Waals surface area contributed by atoms with E-state index in [1.54, 1.807) is 12.0 Å². The average Bonchev–Trinajstić information content (AvgIpc) is 2.60. The number of nitrogens with one attached hydrogen (secondary N) is 1. The molecule has 1 heterocycles. The van der Waals surface area contributed by atoms with E-state index in [9.17, 15) is 9.90 Å². The van der Waals surface area contributed by atoms with Gasteiger partial charge in [0, 0.05) is 12.2 Å². The molecule has 0 radical (unpaired) electrons. The van der Waals surface area contributed by atoms with Gasteiger partial charge in [0.25, 0.3) is 0 Å². The van der Waals surface area contributed by atoms with Gasteiger partial charge in [0.05, 0.1) is 19.8 Å². The lowest BCUT2D eigenvalue weighted by molar-refractivity contribution is 0.135.